The van der Waals surface area contributed by atoms with E-state index in [0.29, 0.717) is 32.4 Å². The largest absolute Gasteiger partial charge is 0.480 e. The predicted molar refractivity (Wildman–Crippen MR) is 264 cm³/mol. The van der Waals surface area contributed by atoms with Gasteiger partial charge in [0.05, 0.1) is 28.5 Å². The van der Waals surface area contributed by atoms with Crippen molar-refractivity contribution < 1.29 is 48.0 Å². The van der Waals surface area contributed by atoms with Crippen LogP contribution >= 0.6 is 10.6 Å². The molecule has 6 rings (SSSR count). The molecular weight excluding hydrogens is 891 g/mol. The lowest BCUT2D eigenvalue weighted by Crippen LogP contribution is -2.62. The van der Waals surface area contributed by atoms with E-state index in [0.717, 1.165) is 44.7 Å². The van der Waals surface area contributed by atoms with E-state index < -0.39 is 69.2 Å². The second-order valence-electron chi connectivity index (χ2n) is 19.2. The van der Waals surface area contributed by atoms with Crippen LogP contribution in [-0.4, -0.2) is 144 Å². The summed E-state index contributed by atoms with van der Waals surface area (Å²) in [5.41, 5.74) is 5.83. The molecule has 68 heavy (non-hydrogen) atoms. The lowest BCUT2D eigenvalue weighted by atomic mass is 9.84. The van der Waals surface area contributed by atoms with E-state index in [9.17, 15) is 38.5 Å². The topological polar surface area (TPSA) is 210 Å². The minimum Gasteiger partial charge on any atom is -0.480 e. The molecule has 0 radical (unpaired) electrons. The number of fused-ring (bicyclic) bond motifs is 1. The Hall–Kier alpha value is -5.24. The van der Waals surface area contributed by atoms with E-state index in [1.807, 2.05) is 69.3 Å². The van der Waals surface area contributed by atoms with Crippen LogP contribution in [0.5, 0.6) is 0 Å². The number of pyridine rings is 1. The Balaban J connectivity index is 1.36. The summed E-state index contributed by atoms with van der Waals surface area (Å²) in [4.78, 5) is 62.9. The number of carboxylic acids is 1. The number of hydrazine groups is 1. The number of aliphatic carboxylic acids is 1. The van der Waals surface area contributed by atoms with Gasteiger partial charge in [-0.25, -0.2) is 9.80 Å². The molecule has 17 nitrogen and oxygen atoms in total. The van der Waals surface area contributed by atoms with E-state index in [-0.39, 0.29) is 44.6 Å². The van der Waals surface area contributed by atoms with Gasteiger partial charge in [-0.05, 0) is 92.3 Å². The second-order valence-corrected chi connectivity index (χ2v) is 21.8. The number of hydrogen-bond donors (Lipinski definition) is 5. The number of amides is 3. The number of benzene rings is 2. The number of nitrogens with zero attached hydrogens (tertiary/aromatic N) is 6. The summed E-state index contributed by atoms with van der Waals surface area (Å²) in [6.07, 6.45) is 1.80. The van der Waals surface area contributed by atoms with E-state index in [4.69, 9.17) is 14.5 Å². The number of nitrogens with one attached hydrogen (secondary N) is 1. The van der Waals surface area contributed by atoms with Gasteiger partial charge in [-0.2, -0.15) is 10.6 Å². The van der Waals surface area contributed by atoms with Crippen LogP contribution in [0.15, 0.2) is 66.9 Å². The molecule has 2 fully saturated rings. The molecule has 18 heteroatoms. The number of hydrogen-bond acceptors (Lipinski definition) is 12. The molecule has 2 aliphatic heterocycles. The molecule has 0 bridgehead atoms. The summed E-state index contributed by atoms with van der Waals surface area (Å²) in [5, 5.41) is 26.2. The fourth-order valence-electron chi connectivity index (χ4n) is 9.62. The quantitative estimate of drug-likeness (QED) is 0.0680. The Kier molecular flexibility index (Phi) is 16.9. The maximum Gasteiger partial charge on any atom is 0.410 e. The average Bonchev–Trinajstić information content (AvgIpc) is 3.61. The first-order valence-corrected chi connectivity index (χ1v) is 25.3. The highest BCUT2D eigenvalue weighted by molar-refractivity contribution is 8.24. The molecule has 5 N–H and O–H groups in total. The molecule has 2 aliphatic rings. The molecule has 5 atom stereocenters. The van der Waals surface area contributed by atoms with Crippen LogP contribution in [0.3, 0.4) is 0 Å². The molecule has 2 aromatic carbocycles. The molecule has 0 aliphatic carbocycles. The van der Waals surface area contributed by atoms with Gasteiger partial charge in [0.25, 0.3) is 5.91 Å². The predicted octanol–water partition coefficient (Wildman–Crippen LogP) is 7.02. The normalized spacial score (nSPS) is 19.6. The number of carboxylic acid groups (broad SMARTS) is 1. The van der Waals surface area contributed by atoms with Crippen molar-refractivity contribution in [2.45, 2.75) is 110 Å². The Morgan fingerprint density at radius 2 is 1.75 bits per heavy atom. The molecule has 3 amide bonds. The summed E-state index contributed by atoms with van der Waals surface area (Å²) in [5.74, 6) is -2.77. The number of carbonyl (C=O) groups is 4. The number of aliphatic hydroxyl groups excluding tert-OH is 1. The number of aryl methyl sites for hydroxylation is 1. The van der Waals surface area contributed by atoms with Crippen molar-refractivity contribution in [3.05, 3.63) is 83.7 Å². The van der Waals surface area contributed by atoms with Crippen molar-refractivity contribution in [2.24, 2.45) is 11.3 Å². The molecular formula is C50H71N7O10S. The van der Waals surface area contributed by atoms with E-state index in [1.54, 1.807) is 27.2 Å². The number of aliphatic hydroxyl groups is 1. The Morgan fingerprint density at radius 3 is 2.40 bits per heavy atom. The smallest absolute Gasteiger partial charge is 0.410 e. The first-order valence-electron chi connectivity index (χ1n) is 23.5. The Morgan fingerprint density at radius 1 is 1.03 bits per heavy atom. The van der Waals surface area contributed by atoms with Gasteiger partial charge < -0.3 is 34.5 Å². The van der Waals surface area contributed by atoms with Crippen LogP contribution in [0.1, 0.15) is 83.7 Å². The highest BCUT2D eigenvalue weighted by Crippen LogP contribution is 2.50. The van der Waals surface area contributed by atoms with Gasteiger partial charge in [0, 0.05) is 82.3 Å². The molecule has 3 unspecified atom stereocenters. The zero-order valence-corrected chi connectivity index (χ0v) is 41.7. The van der Waals surface area contributed by atoms with E-state index in [1.165, 1.54) is 29.0 Å². The van der Waals surface area contributed by atoms with Crippen molar-refractivity contribution in [1.29, 1.82) is 0 Å². The highest BCUT2D eigenvalue weighted by Gasteiger charge is 2.43. The van der Waals surface area contributed by atoms with Crippen LogP contribution < -0.4 is 10.2 Å². The Labute approximate surface area is 401 Å². The third kappa shape index (κ3) is 11.4. The van der Waals surface area contributed by atoms with Gasteiger partial charge in [-0.3, -0.25) is 38.4 Å². The van der Waals surface area contributed by atoms with Gasteiger partial charge >= 0.3 is 12.1 Å². The number of methoxy groups -OCH3 is 1. The number of carbonyl (C=O) groups excluding carboxylic acids is 3. The van der Waals surface area contributed by atoms with Crippen molar-refractivity contribution >= 4 is 51.1 Å². The van der Waals surface area contributed by atoms with Crippen LogP contribution in [-0.2, 0) is 43.4 Å². The van der Waals surface area contributed by atoms with Crippen LogP contribution in [0.25, 0.3) is 22.2 Å². The fourth-order valence-corrected chi connectivity index (χ4v) is 11.4. The lowest BCUT2D eigenvalue weighted by Gasteiger charge is -2.49. The lowest BCUT2D eigenvalue weighted by molar-refractivity contribution is -0.169. The summed E-state index contributed by atoms with van der Waals surface area (Å²) in [6, 6.07) is 15.9. The molecule has 2 saturated heterocycles. The molecule has 372 valence electrons. The van der Waals surface area contributed by atoms with Crippen LogP contribution in [0, 0.1) is 11.3 Å². The Bertz CT molecular complexity index is 2410. The molecule has 0 saturated carbocycles. The third-order valence-corrected chi connectivity index (χ3v) is 15.7. The van der Waals surface area contributed by atoms with Crippen molar-refractivity contribution in [1.82, 2.24) is 29.8 Å². The van der Waals surface area contributed by atoms with Gasteiger partial charge in [-0.15, -0.1) is 0 Å². The molecule has 4 heterocycles. The summed E-state index contributed by atoms with van der Waals surface area (Å²) in [7, 11) is 1.30. The second kappa shape index (κ2) is 22.0. The standard InChI is InChI=1S/C50H71N7O10S/c1-10-56-41-21-20-35(26-38(41)39(28-50(5,6)31-58)45(56)37-18-14-22-51-43(37)33(4)66-9)55-24-25-68(64,65)36(29-55)27-40(47(60)57-23-15-19-42(48(61)62)54(57)8)52-46(59)44(32(2)3)53(7)49(63)67-30-34-16-12-11-13-17-34/h11-14,16-18,20-22,26,32-33,36,40,42,44,58,64-65H,10,15,19,23-25,27-31H2,1-9H3,(H,52,59)(H,61,62)/t33-,36?,40?,42-,44?/m0/s1. The highest BCUT2D eigenvalue weighted by atomic mass is 32.3. The summed E-state index contributed by atoms with van der Waals surface area (Å²) < 4.78 is 37.2. The van der Waals surface area contributed by atoms with Crippen molar-refractivity contribution in [2.75, 3.05) is 58.1 Å². The fraction of sp³-hybridized carbons (Fsp3) is 0.540. The van der Waals surface area contributed by atoms with Gasteiger partial charge in [0.15, 0.2) is 0 Å². The van der Waals surface area contributed by atoms with Crippen LogP contribution in [0.2, 0.25) is 0 Å². The van der Waals surface area contributed by atoms with Crippen LogP contribution in [0.4, 0.5) is 10.5 Å². The third-order valence-electron chi connectivity index (χ3n) is 13.5. The SMILES string of the molecule is CCn1c(-c2cccnc2[C@H](C)OC)c(CC(C)(C)CO)c2cc(N3CCS(O)(O)C(CC(NC(=O)C(C(C)C)N(C)C(=O)OCc4ccccc4)C(=O)N4CCC[C@@H](C(=O)O)N4C)C3)ccc21. The number of ether oxygens (including phenoxy) is 2. The average molecular weight is 962 g/mol. The first-order chi connectivity index (χ1) is 32.2. The van der Waals surface area contributed by atoms with Crippen molar-refractivity contribution in [3.8, 4) is 11.3 Å². The molecule has 2 aromatic heterocycles. The van der Waals surface area contributed by atoms with E-state index >= 15 is 0 Å². The summed E-state index contributed by atoms with van der Waals surface area (Å²) >= 11 is 0. The van der Waals surface area contributed by atoms with Gasteiger partial charge in [0.2, 0.25) is 5.91 Å². The minimum absolute atomic E-state index is 0.000544. The number of rotatable bonds is 18. The summed E-state index contributed by atoms with van der Waals surface area (Å²) in [6.45, 7) is 12.8. The zero-order chi connectivity index (χ0) is 49.7. The van der Waals surface area contributed by atoms with Crippen molar-refractivity contribution in [3.63, 3.8) is 0 Å². The monoisotopic (exact) mass is 961 g/mol. The van der Waals surface area contributed by atoms with E-state index in [2.05, 4.69) is 33.8 Å². The number of likely N-dealkylation sites (N-methyl/N-ethyl adjacent to an activating group) is 2. The molecule has 4 aromatic rings. The maximum atomic E-state index is 14.8. The number of aromatic nitrogens is 2. The molecule has 0 spiro atoms. The van der Waals surface area contributed by atoms with Gasteiger partial charge in [0.1, 0.15) is 24.7 Å². The van der Waals surface area contributed by atoms with Gasteiger partial charge in [-0.1, -0.05) is 58.0 Å². The maximum absolute atomic E-state index is 14.8. The first kappa shape index (κ1) is 52.1. The minimum atomic E-state index is -3.34. The number of anilines is 1. The zero-order valence-electron chi connectivity index (χ0n) is 40.9.